The zero-order chi connectivity index (χ0) is 71.3. The molecule has 3 N–H and O–H groups in total. The van der Waals surface area contributed by atoms with Crippen LogP contribution in [0.3, 0.4) is 0 Å². The summed E-state index contributed by atoms with van der Waals surface area (Å²) < 4.78 is 525. The van der Waals surface area contributed by atoms with E-state index < -0.39 is 285 Å². The van der Waals surface area contributed by atoms with Crippen molar-refractivity contribution in [3.05, 3.63) is 233 Å². The van der Waals surface area contributed by atoms with Gasteiger partial charge in [-0.25, -0.2) is 176 Å². The SMILES string of the molecule is Fc1c(F)c(F)c(-c2c(F)c(F)c(F)c(F)c2F)c(F)c1F.Fc1c(F)c(F)c(-c2c(F)c(F)c(F)c(F)c2F)c(F)c1F.Fc1c(F)c(F)c(-c2c(F)c(F)c(F)c(F)c2F)c(F)c1F.Fc1c(F)c(F)c(-c2c(F)c(F)c(F)c(F)c2F)c(F)c1F.OB(O)O. The van der Waals surface area contributed by atoms with E-state index in [1.807, 2.05) is 0 Å². The van der Waals surface area contributed by atoms with Crippen LogP contribution in [0.25, 0.3) is 44.5 Å². The van der Waals surface area contributed by atoms with Gasteiger partial charge >= 0.3 is 7.32 Å². The van der Waals surface area contributed by atoms with Gasteiger partial charge in [0.15, 0.2) is 186 Å². The Bertz CT molecular complexity index is 3300. The van der Waals surface area contributed by atoms with Crippen molar-refractivity contribution in [3.8, 4) is 44.5 Å². The number of halogens is 40. The van der Waals surface area contributed by atoms with Gasteiger partial charge < -0.3 is 15.1 Å². The van der Waals surface area contributed by atoms with E-state index in [0.717, 1.165) is 0 Å². The Morgan fingerprint density at radius 2 is 0.130 bits per heavy atom. The molecule has 44 heteroatoms. The number of benzene rings is 8. The van der Waals surface area contributed by atoms with Crippen LogP contribution in [-0.2, 0) is 0 Å². The Morgan fingerprint density at radius 1 is 0.0978 bits per heavy atom. The Kier molecular flexibility index (Phi) is 23.1. The van der Waals surface area contributed by atoms with E-state index >= 15 is 0 Å². The van der Waals surface area contributed by atoms with Crippen molar-refractivity contribution in [2.24, 2.45) is 0 Å². The fourth-order valence-corrected chi connectivity index (χ4v) is 6.60. The number of hydrogen-bond acceptors (Lipinski definition) is 3. The Labute approximate surface area is 475 Å². The van der Waals surface area contributed by atoms with Crippen molar-refractivity contribution in [3.63, 3.8) is 0 Å². The van der Waals surface area contributed by atoms with Gasteiger partial charge in [-0.1, -0.05) is 0 Å². The highest BCUT2D eigenvalue weighted by molar-refractivity contribution is 6.30. The van der Waals surface area contributed by atoms with Gasteiger partial charge in [-0.15, -0.1) is 0 Å². The van der Waals surface area contributed by atoms with Crippen LogP contribution < -0.4 is 0 Å². The lowest BCUT2D eigenvalue weighted by Gasteiger charge is -2.11. The van der Waals surface area contributed by atoms with Crippen LogP contribution in [0.2, 0.25) is 0 Å². The first-order valence-electron chi connectivity index (χ1n) is 21.3. The third kappa shape index (κ3) is 13.1. The van der Waals surface area contributed by atoms with E-state index in [2.05, 4.69) is 0 Å². The van der Waals surface area contributed by atoms with Crippen LogP contribution in [0.15, 0.2) is 0 Å². The molecule has 0 amide bonds. The standard InChI is InChI=1S/4C12F10.BH3O3/c4*13-3-1(4(14)8(18)11(21)7(3)17)2-5(15)9(19)12(22)10(20)6(2)16;2-1(3)4/h;;;;2-4H. The third-order valence-electron chi connectivity index (χ3n) is 10.7. The first-order valence-corrected chi connectivity index (χ1v) is 21.3. The Hall–Kier alpha value is -9.10. The second-order valence-electron chi connectivity index (χ2n) is 15.9. The molecule has 0 atom stereocenters. The molecule has 0 bridgehead atoms. The van der Waals surface area contributed by atoms with Crippen LogP contribution in [0.4, 0.5) is 176 Å². The molecule has 0 unspecified atom stereocenters. The molecule has 0 aliphatic carbocycles. The molecule has 0 aliphatic heterocycles. The first-order chi connectivity index (χ1) is 42.2. The Balaban J connectivity index is 0.000000256. The van der Waals surface area contributed by atoms with Crippen molar-refractivity contribution in [1.82, 2.24) is 0 Å². The van der Waals surface area contributed by atoms with E-state index in [9.17, 15) is 176 Å². The smallest absolute Gasteiger partial charge is 0.402 e. The van der Waals surface area contributed by atoms with E-state index in [-0.39, 0.29) is 0 Å². The second kappa shape index (κ2) is 28.2. The first kappa shape index (κ1) is 75.4. The molecular formula is C48H3BF40O3. The van der Waals surface area contributed by atoms with E-state index in [0.29, 0.717) is 0 Å². The minimum atomic E-state index is -2.68. The molecule has 0 aliphatic rings. The summed E-state index contributed by atoms with van der Waals surface area (Å²) in [6.45, 7) is 0. The van der Waals surface area contributed by atoms with E-state index in [4.69, 9.17) is 15.1 Å². The van der Waals surface area contributed by atoms with Gasteiger partial charge in [-0.2, -0.15) is 0 Å². The summed E-state index contributed by atoms with van der Waals surface area (Å²) in [6, 6.07) is 0. The largest absolute Gasteiger partial charge is 0.631 e. The molecule has 0 saturated carbocycles. The molecule has 496 valence electrons. The molecule has 0 radical (unpaired) electrons. The number of rotatable bonds is 4. The van der Waals surface area contributed by atoms with Gasteiger partial charge in [0.05, 0.1) is 44.5 Å². The average Bonchev–Trinajstić information content (AvgIpc) is 0.777. The van der Waals surface area contributed by atoms with E-state index in [1.165, 1.54) is 0 Å². The predicted octanol–water partition coefficient (Wildman–Crippen LogP) is 16.9. The summed E-state index contributed by atoms with van der Waals surface area (Å²) in [7, 11) is -2.17. The quantitative estimate of drug-likeness (QED) is 0.0712. The van der Waals surface area contributed by atoms with Crippen LogP contribution in [0.5, 0.6) is 0 Å². The molecular weight excluding hydrogens is 1400 g/mol. The molecule has 0 saturated heterocycles. The molecule has 0 aromatic heterocycles. The normalized spacial score (nSPS) is 11.0. The zero-order valence-corrected chi connectivity index (χ0v) is 41.0. The lowest BCUT2D eigenvalue weighted by atomic mass is 10.0. The van der Waals surface area contributed by atoms with Crippen LogP contribution in [0.1, 0.15) is 0 Å². The van der Waals surface area contributed by atoms with Crippen molar-refractivity contribution < 1.29 is 191 Å². The fraction of sp³-hybridized carbons (Fsp3) is 0. The van der Waals surface area contributed by atoms with Crippen molar-refractivity contribution in [2.75, 3.05) is 0 Å². The predicted molar refractivity (Wildman–Crippen MR) is 218 cm³/mol. The van der Waals surface area contributed by atoms with E-state index in [1.54, 1.807) is 0 Å². The highest BCUT2D eigenvalue weighted by Crippen LogP contribution is 2.42. The molecule has 0 spiro atoms. The summed E-state index contributed by atoms with van der Waals surface area (Å²) in [5.41, 5.74) is -18.1. The van der Waals surface area contributed by atoms with Crippen LogP contribution in [0, 0.1) is 233 Å². The monoisotopic (exact) mass is 1400 g/mol. The minimum Gasteiger partial charge on any atom is -0.402 e. The minimum absolute atomic E-state index is 2.17. The Morgan fingerprint density at radius 3 is 0.174 bits per heavy atom. The molecule has 8 rings (SSSR count). The van der Waals surface area contributed by atoms with Crippen LogP contribution in [-0.4, -0.2) is 22.4 Å². The fourth-order valence-electron chi connectivity index (χ4n) is 6.60. The van der Waals surface area contributed by atoms with Crippen molar-refractivity contribution in [2.45, 2.75) is 0 Å². The average molecular weight is 1400 g/mol. The summed E-state index contributed by atoms with van der Waals surface area (Å²) >= 11 is 0. The molecule has 0 heterocycles. The maximum absolute atomic E-state index is 13.4. The summed E-state index contributed by atoms with van der Waals surface area (Å²) in [4.78, 5) is 0. The summed E-state index contributed by atoms with van der Waals surface area (Å²) in [5, 5.41) is 21.5. The highest BCUT2D eigenvalue weighted by atomic mass is 19.2. The van der Waals surface area contributed by atoms with Crippen molar-refractivity contribution in [1.29, 1.82) is 0 Å². The molecule has 0 fully saturated rings. The maximum Gasteiger partial charge on any atom is 0.631 e. The summed E-state index contributed by atoms with van der Waals surface area (Å²) in [5.74, 6) is -107. The van der Waals surface area contributed by atoms with Gasteiger partial charge in [0.1, 0.15) is 0 Å². The molecule has 92 heavy (non-hydrogen) atoms. The lowest BCUT2D eigenvalue weighted by Crippen LogP contribution is -2.10. The highest BCUT2D eigenvalue weighted by Gasteiger charge is 2.39. The lowest BCUT2D eigenvalue weighted by molar-refractivity contribution is 0.278. The molecule has 8 aromatic rings. The molecule has 3 nitrogen and oxygen atoms in total. The van der Waals surface area contributed by atoms with Gasteiger partial charge in [-0.3, -0.25) is 0 Å². The van der Waals surface area contributed by atoms with Gasteiger partial charge in [0.25, 0.3) is 0 Å². The van der Waals surface area contributed by atoms with Gasteiger partial charge in [-0.05, 0) is 0 Å². The number of hydrogen-bond donors (Lipinski definition) is 3. The van der Waals surface area contributed by atoms with Crippen molar-refractivity contribution >= 4 is 7.32 Å². The zero-order valence-electron chi connectivity index (χ0n) is 41.0. The van der Waals surface area contributed by atoms with Gasteiger partial charge in [0, 0.05) is 0 Å². The summed E-state index contributed by atoms with van der Waals surface area (Å²) in [6.07, 6.45) is 0. The maximum atomic E-state index is 13.4. The third-order valence-corrected chi connectivity index (χ3v) is 10.7. The van der Waals surface area contributed by atoms with Crippen LogP contribution >= 0.6 is 0 Å². The topological polar surface area (TPSA) is 60.7 Å². The van der Waals surface area contributed by atoms with Gasteiger partial charge in [0.2, 0.25) is 46.5 Å². The molecule has 8 aromatic carbocycles. The second-order valence-corrected chi connectivity index (χ2v) is 15.9.